The molecule has 0 atom stereocenters. The number of nitrogens with two attached hydrogens (primary N) is 1. The van der Waals surface area contributed by atoms with Crippen LogP contribution in [-0.4, -0.2) is 19.0 Å². The Morgan fingerprint density at radius 2 is 1.89 bits per heavy atom. The van der Waals surface area contributed by atoms with Crippen LogP contribution in [0, 0.1) is 0 Å². The average Bonchev–Trinajstić information content (AvgIpc) is 2.37. The molecule has 0 heterocycles. The zero-order chi connectivity index (χ0) is 13.6. The Morgan fingerprint density at radius 3 is 2.39 bits per heavy atom. The second-order valence-corrected chi connectivity index (χ2v) is 5.25. The van der Waals surface area contributed by atoms with Crippen LogP contribution < -0.4 is 11.1 Å². The summed E-state index contributed by atoms with van der Waals surface area (Å²) in [5, 5.41) is 2.93. The minimum Gasteiger partial charge on any atom is -0.355 e. The molecule has 0 bridgehead atoms. The molecule has 3 nitrogen and oxygen atoms in total. The lowest BCUT2D eigenvalue weighted by molar-refractivity contribution is -0.121. The van der Waals surface area contributed by atoms with Crippen LogP contribution in [0.1, 0.15) is 38.3 Å². The smallest absolute Gasteiger partial charge is 0.221 e. The number of amides is 1. The van der Waals surface area contributed by atoms with Crippen LogP contribution in [0.3, 0.4) is 0 Å². The van der Waals surface area contributed by atoms with Crippen molar-refractivity contribution in [1.82, 2.24) is 5.32 Å². The molecule has 1 rings (SSSR count). The zero-order valence-corrected chi connectivity index (χ0v) is 11.6. The summed E-state index contributed by atoms with van der Waals surface area (Å²) in [6.07, 6.45) is 1.44. The molecule has 1 amide bonds. The minimum absolute atomic E-state index is 0.0238. The maximum Gasteiger partial charge on any atom is 0.221 e. The number of hydrogen-bond donors (Lipinski definition) is 2. The normalized spacial score (nSPS) is 11.3. The number of aryl methyl sites for hydroxylation is 1. The lowest BCUT2D eigenvalue weighted by Gasteiger charge is -2.26. The van der Waals surface area contributed by atoms with Crippen molar-refractivity contribution in [2.24, 2.45) is 5.73 Å². The SMILES string of the molecule is CCc1ccc(C(C)(C)CNC(=O)CCN)cc1. The third-order valence-electron chi connectivity index (χ3n) is 3.24. The van der Waals surface area contributed by atoms with Gasteiger partial charge in [0, 0.05) is 24.9 Å². The molecule has 0 aliphatic heterocycles. The molecule has 0 unspecified atom stereocenters. The standard InChI is InChI=1S/C15H24N2O/c1-4-12-5-7-13(8-6-12)15(2,3)11-17-14(18)9-10-16/h5-8H,4,9-11,16H2,1-3H3,(H,17,18). The van der Waals surface area contributed by atoms with E-state index in [9.17, 15) is 4.79 Å². The summed E-state index contributed by atoms with van der Waals surface area (Å²) in [5.41, 5.74) is 7.87. The summed E-state index contributed by atoms with van der Waals surface area (Å²) in [6, 6.07) is 8.60. The average molecular weight is 248 g/mol. The monoisotopic (exact) mass is 248 g/mol. The van der Waals surface area contributed by atoms with Gasteiger partial charge in [0.05, 0.1) is 0 Å². The van der Waals surface area contributed by atoms with E-state index < -0.39 is 0 Å². The van der Waals surface area contributed by atoms with Crippen molar-refractivity contribution in [3.63, 3.8) is 0 Å². The Balaban J connectivity index is 2.63. The van der Waals surface area contributed by atoms with Crippen molar-refractivity contribution in [2.45, 2.75) is 39.0 Å². The highest BCUT2D eigenvalue weighted by molar-refractivity contribution is 5.76. The van der Waals surface area contributed by atoms with Crippen LogP contribution in [0.4, 0.5) is 0 Å². The largest absolute Gasteiger partial charge is 0.355 e. The van der Waals surface area contributed by atoms with Gasteiger partial charge in [-0.25, -0.2) is 0 Å². The fraction of sp³-hybridized carbons (Fsp3) is 0.533. The summed E-state index contributed by atoms with van der Waals surface area (Å²) in [7, 11) is 0. The van der Waals surface area contributed by atoms with E-state index in [-0.39, 0.29) is 11.3 Å². The molecule has 1 aromatic rings. The summed E-state index contributed by atoms with van der Waals surface area (Å²) >= 11 is 0. The summed E-state index contributed by atoms with van der Waals surface area (Å²) in [4.78, 5) is 11.4. The Hall–Kier alpha value is -1.35. The summed E-state index contributed by atoms with van der Waals surface area (Å²) in [6.45, 7) is 7.45. The van der Waals surface area contributed by atoms with Gasteiger partial charge in [0.25, 0.3) is 0 Å². The van der Waals surface area contributed by atoms with Gasteiger partial charge in [0.15, 0.2) is 0 Å². The molecular formula is C15H24N2O. The van der Waals surface area contributed by atoms with Crippen LogP contribution in [0.2, 0.25) is 0 Å². The lowest BCUT2D eigenvalue weighted by atomic mass is 9.84. The number of hydrogen-bond acceptors (Lipinski definition) is 2. The van der Waals surface area contributed by atoms with Crippen LogP contribution in [0.25, 0.3) is 0 Å². The quantitative estimate of drug-likeness (QED) is 0.809. The molecule has 0 radical (unpaired) electrons. The lowest BCUT2D eigenvalue weighted by Crippen LogP contribution is -2.37. The Bertz CT molecular complexity index is 382. The van der Waals surface area contributed by atoms with Gasteiger partial charge in [-0.05, 0) is 17.5 Å². The molecule has 3 N–H and O–H groups in total. The first-order valence-corrected chi connectivity index (χ1v) is 6.56. The molecule has 0 saturated carbocycles. The molecule has 0 fully saturated rings. The third kappa shape index (κ3) is 4.15. The van der Waals surface area contributed by atoms with Gasteiger partial charge >= 0.3 is 0 Å². The first kappa shape index (κ1) is 14.7. The molecule has 100 valence electrons. The zero-order valence-electron chi connectivity index (χ0n) is 11.6. The molecule has 0 aliphatic carbocycles. The first-order chi connectivity index (χ1) is 8.49. The number of nitrogens with one attached hydrogen (secondary N) is 1. The molecular weight excluding hydrogens is 224 g/mol. The van der Waals surface area contributed by atoms with E-state index in [1.165, 1.54) is 11.1 Å². The van der Waals surface area contributed by atoms with Gasteiger partial charge in [0.2, 0.25) is 5.91 Å². The predicted molar refractivity (Wildman–Crippen MR) is 75.5 cm³/mol. The Kier molecular flexibility index (Phi) is 5.35. The van der Waals surface area contributed by atoms with E-state index in [0.717, 1.165) is 6.42 Å². The maximum atomic E-state index is 11.4. The van der Waals surface area contributed by atoms with E-state index in [4.69, 9.17) is 5.73 Å². The van der Waals surface area contributed by atoms with Crippen molar-refractivity contribution in [1.29, 1.82) is 0 Å². The van der Waals surface area contributed by atoms with E-state index >= 15 is 0 Å². The molecule has 0 aliphatic rings. The first-order valence-electron chi connectivity index (χ1n) is 6.56. The number of benzene rings is 1. The summed E-state index contributed by atoms with van der Waals surface area (Å²) < 4.78 is 0. The topological polar surface area (TPSA) is 55.1 Å². The van der Waals surface area contributed by atoms with Gasteiger partial charge in [-0.1, -0.05) is 45.0 Å². The molecule has 0 spiro atoms. The molecule has 18 heavy (non-hydrogen) atoms. The van der Waals surface area contributed by atoms with Crippen molar-refractivity contribution in [2.75, 3.05) is 13.1 Å². The minimum atomic E-state index is -0.0590. The number of rotatable bonds is 6. The van der Waals surface area contributed by atoms with Crippen LogP contribution in [0.5, 0.6) is 0 Å². The Labute approximate surface area is 110 Å². The molecule has 0 saturated heterocycles. The van der Waals surface area contributed by atoms with E-state index in [1.54, 1.807) is 0 Å². The van der Waals surface area contributed by atoms with Crippen molar-refractivity contribution in [3.8, 4) is 0 Å². The van der Waals surface area contributed by atoms with Crippen LogP contribution in [0.15, 0.2) is 24.3 Å². The van der Waals surface area contributed by atoms with E-state index in [1.807, 2.05) is 0 Å². The Morgan fingerprint density at radius 1 is 1.28 bits per heavy atom. The van der Waals surface area contributed by atoms with Crippen molar-refractivity contribution < 1.29 is 4.79 Å². The molecule has 3 heteroatoms. The predicted octanol–water partition coefficient (Wildman–Crippen LogP) is 1.99. The van der Waals surface area contributed by atoms with Gasteiger partial charge in [-0.3, -0.25) is 4.79 Å². The van der Waals surface area contributed by atoms with Gasteiger partial charge in [-0.15, -0.1) is 0 Å². The number of carbonyl (C=O) groups is 1. The van der Waals surface area contributed by atoms with Gasteiger partial charge in [-0.2, -0.15) is 0 Å². The highest BCUT2D eigenvalue weighted by atomic mass is 16.1. The highest BCUT2D eigenvalue weighted by Crippen LogP contribution is 2.22. The third-order valence-corrected chi connectivity index (χ3v) is 3.24. The van der Waals surface area contributed by atoms with Gasteiger partial charge in [0.1, 0.15) is 0 Å². The second kappa shape index (κ2) is 6.55. The summed E-state index contributed by atoms with van der Waals surface area (Å²) in [5.74, 6) is 0.0238. The van der Waals surface area contributed by atoms with E-state index in [0.29, 0.717) is 19.5 Å². The number of carbonyl (C=O) groups excluding carboxylic acids is 1. The van der Waals surface area contributed by atoms with Crippen LogP contribution >= 0.6 is 0 Å². The maximum absolute atomic E-state index is 11.4. The molecule has 0 aromatic heterocycles. The van der Waals surface area contributed by atoms with Crippen molar-refractivity contribution in [3.05, 3.63) is 35.4 Å². The van der Waals surface area contributed by atoms with Crippen LogP contribution in [-0.2, 0) is 16.6 Å². The fourth-order valence-electron chi connectivity index (χ4n) is 1.83. The second-order valence-electron chi connectivity index (χ2n) is 5.25. The van der Waals surface area contributed by atoms with Gasteiger partial charge < -0.3 is 11.1 Å². The molecule has 1 aromatic carbocycles. The highest BCUT2D eigenvalue weighted by Gasteiger charge is 2.21. The van der Waals surface area contributed by atoms with E-state index in [2.05, 4.69) is 50.4 Å². The van der Waals surface area contributed by atoms with Crippen molar-refractivity contribution >= 4 is 5.91 Å². The fourth-order valence-corrected chi connectivity index (χ4v) is 1.83.